The summed E-state index contributed by atoms with van der Waals surface area (Å²) in [4.78, 5) is 40.5. The highest BCUT2D eigenvalue weighted by molar-refractivity contribution is 9.10. The summed E-state index contributed by atoms with van der Waals surface area (Å²) in [6, 6.07) is 5.09. The van der Waals surface area contributed by atoms with Gasteiger partial charge in [0.2, 0.25) is 5.91 Å². The quantitative estimate of drug-likeness (QED) is 0.668. The van der Waals surface area contributed by atoms with Crippen molar-refractivity contribution in [2.75, 3.05) is 27.2 Å². The second-order valence-corrected chi connectivity index (χ2v) is 8.57. The van der Waals surface area contributed by atoms with Gasteiger partial charge in [-0.3, -0.25) is 19.3 Å². The first-order chi connectivity index (χ1) is 12.8. The Labute approximate surface area is 168 Å². The predicted molar refractivity (Wildman–Crippen MR) is 107 cm³/mol. The van der Waals surface area contributed by atoms with E-state index >= 15 is 0 Å². The number of imide groups is 1. The number of halogens is 1. The van der Waals surface area contributed by atoms with Gasteiger partial charge < -0.3 is 10.2 Å². The number of carbonyl (C=O) groups excluding carboxylic acids is 3. The van der Waals surface area contributed by atoms with Crippen LogP contribution >= 0.6 is 15.9 Å². The number of nitrogens with one attached hydrogen (secondary N) is 1. The van der Waals surface area contributed by atoms with E-state index < -0.39 is 0 Å². The van der Waals surface area contributed by atoms with Gasteiger partial charge in [-0.25, -0.2) is 0 Å². The van der Waals surface area contributed by atoms with Gasteiger partial charge in [0.05, 0.1) is 11.1 Å². The minimum atomic E-state index is -0.283. The van der Waals surface area contributed by atoms with Crippen molar-refractivity contribution in [3.8, 4) is 0 Å². The molecule has 1 heterocycles. The molecule has 27 heavy (non-hydrogen) atoms. The maximum absolute atomic E-state index is 12.4. The maximum atomic E-state index is 12.4. The molecule has 1 aliphatic heterocycles. The summed E-state index contributed by atoms with van der Waals surface area (Å²) in [7, 11) is 4.14. The van der Waals surface area contributed by atoms with Gasteiger partial charge in [-0.1, -0.05) is 28.8 Å². The van der Waals surface area contributed by atoms with Crippen LogP contribution < -0.4 is 5.32 Å². The molecular formula is C20H26BrN3O3. The summed E-state index contributed by atoms with van der Waals surface area (Å²) in [6.45, 7) is 0.913. The molecule has 0 aromatic heterocycles. The van der Waals surface area contributed by atoms with Gasteiger partial charge in [0.15, 0.2) is 0 Å². The molecule has 7 heteroatoms. The molecule has 0 spiro atoms. The lowest BCUT2D eigenvalue weighted by Gasteiger charge is -2.36. The monoisotopic (exact) mass is 435 g/mol. The number of fused-ring (bicyclic) bond motifs is 1. The number of hydrogen-bond acceptors (Lipinski definition) is 4. The Hall–Kier alpha value is -1.73. The zero-order valence-corrected chi connectivity index (χ0v) is 17.5. The van der Waals surface area contributed by atoms with Crippen LogP contribution in [0.5, 0.6) is 0 Å². The van der Waals surface area contributed by atoms with E-state index in [1.54, 1.807) is 18.2 Å². The lowest BCUT2D eigenvalue weighted by atomic mass is 9.96. The highest BCUT2D eigenvalue weighted by Crippen LogP contribution is 2.33. The molecule has 146 valence electrons. The van der Waals surface area contributed by atoms with Crippen molar-refractivity contribution in [1.82, 2.24) is 15.1 Å². The lowest BCUT2D eigenvalue weighted by Crippen LogP contribution is -2.50. The van der Waals surface area contributed by atoms with Crippen LogP contribution in [0.25, 0.3) is 0 Å². The van der Waals surface area contributed by atoms with E-state index in [9.17, 15) is 14.4 Å². The second-order valence-electron chi connectivity index (χ2n) is 7.66. The summed E-state index contributed by atoms with van der Waals surface area (Å²) in [5.74, 6) is -0.586. The normalized spacial score (nSPS) is 18.3. The molecule has 3 amide bonds. The van der Waals surface area contributed by atoms with Gasteiger partial charge in [-0.05, 0) is 51.6 Å². The third kappa shape index (κ3) is 4.09. The number of benzene rings is 1. The molecule has 1 aliphatic carbocycles. The highest BCUT2D eigenvalue weighted by Gasteiger charge is 2.37. The second kappa shape index (κ2) is 8.10. The summed E-state index contributed by atoms with van der Waals surface area (Å²) in [6.07, 6.45) is 5.37. The number of carbonyl (C=O) groups is 3. The van der Waals surface area contributed by atoms with Crippen LogP contribution in [0, 0.1) is 0 Å². The molecule has 0 radical (unpaired) electrons. The Bertz CT molecular complexity index is 757. The maximum Gasteiger partial charge on any atom is 0.261 e. The third-order valence-electron chi connectivity index (χ3n) is 5.82. The van der Waals surface area contributed by atoms with Gasteiger partial charge in [0, 0.05) is 29.5 Å². The summed E-state index contributed by atoms with van der Waals surface area (Å²) in [5, 5.41) is 3.04. The van der Waals surface area contributed by atoms with E-state index in [1.807, 2.05) is 0 Å². The first-order valence-corrected chi connectivity index (χ1v) is 10.2. The number of likely N-dealkylation sites (N-methyl/N-ethyl adjacent to an activating group) is 1. The van der Waals surface area contributed by atoms with Gasteiger partial charge >= 0.3 is 0 Å². The zero-order chi connectivity index (χ0) is 19.6. The molecule has 0 saturated heterocycles. The van der Waals surface area contributed by atoms with Crippen molar-refractivity contribution in [2.45, 2.75) is 44.1 Å². The van der Waals surface area contributed by atoms with E-state index in [0.717, 1.165) is 17.3 Å². The molecule has 6 nitrogen and oxygen atoms in total. The van der Waals surface area contributed by atoms with Gasteiger partial charge in [0.25, 0.3) is 11.8 Å². The Morgan fingerprint density at radius 2 is 1.85 bits per heavy atom. The smallest absolute Gasteiger partial charge is 0.261 e. The number of hydrogen-bond donors (Lipinski definition) is 1. The molecule has 0 unspecified atom stereocenters. The van der Waals surface area contributed by atoms with E-state index in [-0.39, 0.29) is 29.8 Å². The standard InChI is InChI=1S/C20H26BrN3O3/c1-23(2)20(9-3-4-10-20)13-22-17(25)6-5-11-24-18(26)15-8-7-14(21)12-16(15)19(24)27/h7-8,12H,3-6,9-11,13H2,1-2H3,(H,22,25). The SMILES string of the molecule is CN(C)C1(CNC(=O)CCCN2C(=O)c3ccc(Br)cc3C2=O)CCCC1. The van der Waals surface area contributed by atoms with Crippen LogP contribution in [0.15, 0.2) is 22.7 Å². The van der Waals surface area contributed by atoms with E-state index in [4.69, 9.17) is 0 Å². The molecule has 1 aromatic rings. The Morgan fingerprint density at radius 1 is 1.19 bits per heavy atom. The summed E-state index contributed by atoms with van der Waals surface area (Å²) < 4.78 is 0.769. The van der Waals surface area contributed by atoms with Crippen LogP contribution in [0.4, 0.5) is 0 Å². The van der Waals surface area contributed by atoms with Crippen molar-refractivity contribution in [1.29, 1.82) is 0 Å². The Balaban J connectivity index is 1.48. The molecule has 2 aliphatic rings. The molecule has 1 saturated carbocycles. The first kappa shape index (κ1) is 20.0. The highest BCUT2D eigenvalue weighted by atomic mass is 79.9. The molecule has 1 aromatic carbocycles. The van der Waals surface area contributed by atoms with Crippen molar-refractivity contribution < 1.29 is 14.4 Å². The van der Waals surface area contributed by atoms with E-state index in [1.165, 1.54) is 17.7 Å². The van der Waals surface area contributed by atoms with Gasteiger partial charge in [-0.2, -0.15) is 0 Å². The van der Waals surface area contributed by atoms with Crippen LogP contribution in [0.1, 0.15) is 59.2 Å². The molecule has 1 N–H and O–H groups in total. The van der Waals surface area contributed by atoms with Crippen molar-refractivity contribution >= 4 is 33.7 Å². The van der Waals surface area contributed by atoms with Crippen LogP contribution in [-0.4, -0.2) is 60.2 Å². The fourth-order valence-corrected chi connectivity index (χ4v) is 4.39. The minimum absolute atomic E-state index is 0.0255. The molecule has 3 rings (SSSR count). The molecule has 0 bridgehead atoms. The Morgan fingerprint density at radius 3 is 2.52 bits per heavy atom. The summed E-state index contributed by atoms with van der Waals surface area (Å²) in [5.41, 5.74) is 0.917. The van der Waals surface area contributed by atoms with Crippen molar-refractivity contribution in [3.05, 3.63) is 33.8 Å². The predicted octanol–water partition coefficient (Wildman–Crippen LogP) is 2.82. The number of amides is 3. The number of nitrogens with zero attached hydrogens (tertiary/aromatic N) is 2. The van der Waals surface area contributed by atoms with Gasteiger partial charge in [0.1, 0.15) is 0 Å². The summed E-state index contributed by atoms with van der Waals surface area (Å²) >= 11 is 3.33. The first-order valence-electron chi connectivity index (χ1n) is 9.44. The van der Waals surface area contributed by atoms with Crippen LogP contribution in [0.2, 0.25) is 0 Å². The van der Waals surface area contributed by atoms with Crippen LogP contribution in [0.3, 0.4) is 0 Å². The van der Waals surface area contributed by atoms with Crippen LogP contribution in [-0.2, 0) is 4.79 Å². The third-order valence-corrected chi connectivity index (χ3v) is 6.31. The molecule has 1 fully saturated rings. The average Bonchev–Trinajstić information content (AvgIpc) is 3.20. The van der Waals surface area contributed by atoms with Crippen molar-refractivity contribution in [3.63, 3.8) is 0 Å². The fraction of sp³-hybridized carbons (Fsp3) is 0.550. The lowest BCUT2D eigenvalue weighted by molar-refractivity contribution is -0.121. The fourth-order valence-electron chi connectivity index (χ4n) is 4.03. The number of rotatable bonds is 7. The zero-order valence-electron chi connectivity index (χ0n) is 15.9. The largest absolute Gasteiger partial charge is 0.354 e. The van der Waals surface area contributed by atoms with Gasteiger partial charge in [-0.15, -0.1) is 0 Å². The minimum Gasteiger partial charge on any atom is -0.354 e. The van der Waals surface area contributed by atoms with Crippen molar-refractivity contribution in [2.24, 2.45) is 0 Å². The Kier molecular flexibility index (Phi) is 6.01. The van der Waals surface area contributed by atoms with E-state index in [2.05, 4.69) is 40.2 Å². The van der Waals surface area contributed by atoms with E-state index in [0.29, 0.717) is 30.5 Å². The molecular weight excluding hydrogens is 410 g/mol. The average molecular weight is 436 g/mol. The molecule has 0 atom stereocenters. The topological polar surface area (TPSA) is 69.7 Å².